The first-order chi connectivity index (χ1) is 7.81. The molecule has 3 rings (SSSR count). The highest BCUT2D eigenvalue weighted by atomic mass is 16.7. The summed E-state index contributed by atoms with van der Waals surface area (Å²) < 4.78 is 15.4. The molecule has 1 aromatic carbocycles. The van der Waals surface area contributed by atoms with Gasteiger partial charge in [0.1, 0.15) is 6.61 Å². The number of benzene rings is 1. The minimum atomic E-state index is -0.160. The summed E-state index contributed by atoms with van der Waals surface area (Å²) in [4.78, 5) is 10.9. The topological polar surface area (TPSA) is 44.8 Å². The Balaban J connectivity index is 1.88. The average Bonchev–Trinajstić information content (AvgIpc) is 2.87. The van der Waals surface area contributed by atoms with Gasteiger partial charge in [0.15, 0.2) is 11.5 Å². The zero-order chi connectivity index (χ0) is 11.0. The van der Waals surface area contributed by atoms with Crippen LogP contribution in [0, 0.1) is 0 Å². The molecule has 1 fully saturated rings. The number of fused-ring (bicyclic) bond motifs is 1. The summed E-state index contributed by atoms with van der Waals surface area (Å²) in [5, 5.41) is 0. The van der Waals surface area contributed by atoms with Crippen molar-refractivity contribution in [2.45, 2.75) is 6.42 Å². The standard InChI is InChI=1S/C12H10O4/c13-12-5-9(6-14-12)3-8-1-2-10-11(4-8)16-7-15-10/h1-4H,5-7H2/b9-3+. The summed E-state index contributed by atoms with van der Waals surface area (Å²) in [5.41, 5.74) is 1.99. The molecule has 2 aliphatic rings. The first kappa shape index (κ1) is 9.27. The molecule has 16 heavy (non-hydrogen) atoms. The molecule has 82 valence electrons. The molecule has 0 spiro atoms. The van der Waals surface area contributed by atoms with Gasteiger partial charge in [0, 0.05) is 0 Å². The summed E-state index contributed by atoms with van der Waals surface area (Å²) in [6, 6.07) is 5.70. The highest BCUT2D eigenvalue weighted by molar-refractivity contribution is 5.78. The van der Waals surface area contributed by atoms with E-state index in [2.05, 4.69) is 0 Å². The summed E-state index contributed by atoms with van der Waals surface area (Å²) in [6.45, 7) is 0.671. The highest BCUT2D eigenvalue weighted by Crippen LogP contribution is 2.33. The molecule has 0 atom stereocenters. The third-order valence-corrected chi connectivity index (χ3v) is 2.56. The lowest BCUT2D eigenvalue weighted by atomic mass is 10.1. The van der Waals surface area contributed by atoms with Crippen LogP contribution in [-0.4, -0.2) is 19.4 Å². The van der Waals surface area contributed by atoms with E-state index < -0.39 is 0 Å². The van der Waals surface area contributed by atoms with Crippen LogP contribution in [0.2, 0.25) is 0 Å². The van der Waals surface area contributed by atoms with Gasteiger partial charge in [-0.15, -0.1) is 0 Å². The number of esters is 1. The van der Waals surface area contributed by atoms with Crippen molar-refractivity contribution in [1.82, 2.24) is 0 Å². The van der Waals surface area contributed by atoms with Crippen molar-refractivity contribution in [2.75, 3.05) is 13.4 Å². The van der Waals surface area contributed by atoms with E-state index in [1.807, 2.05) is 24.3 Å². The second kappa shape index (κ2) is 3.56. The van der Waals surface area contributed by atoms with Crippen molar-refractivity contribution >= 4 is 12.0 Å². The van der Waals surface area contributed by atoms with Gasteiger partial charge >= 0.3 is 5.97 Å². The lowest BCUT2D eigenvalue weighted by Gasteiger charge is -1.98. The van der Waals surface area contributed by atoms with Crippen LogP contribution in [0.25, 0.3) is 6.08 Å². The minimum Gasteiger partial charge on any atom is -0.461 e. The van der Waals surface area contributed by atoms with Crippen LogP contribution in [0.4, 0.5) is 0 Å². The molecular formula is C12H10O4. The molecule has 0 N–H and O–H groups in total. The SMILES string of the molecule is O=C1C/C(=C\c2ccc3c(c2)OCO3)CO1. The molecular weight excluding hydrogens is 208 g/mol. The molecule has 4 heteroatoms. The Morgan fingerprint density at radius 3 is 2.81 bits per heavy atom. The molecule has 0 aromatic heterocycles. The van der Waals surface area contributed by atoms with Gasteiger partial charge < -0.3 is 14.2 Å². The van der Waals surface area contributed by atoms with E-state index in [-0.39, 0.29) is 12.8 Å². The molecule has 2 aliphatic heterocycles. The van der Waals surface area contributed by atoms with Crippen molar-refractivity contribution in [3.8, 4) is 11.5 Å². The Morgan fingerprint density at radius 1 is 1.12 bits per heavy atom. The smallest absolute Gasteiger partial charge is 0.310 e. The van der Waals surface area contributed by atoms with E-state index in [0.717, 1.165) is 22.6 Å². The first-order valence-corrected chi connectivity index (χ1v) is 5.06. The van der Waals surface area contributed by atoms with E-state index >= 15 is 0 Å². The highest BCUT2D eigenvalue weighted by Gasteiger charge is 2.17. The van der Waals surface area contributed by atoms with Crippen LogP contribution in [0.1, 0.15) is 12.0 Å². The van der Waals surface area contributed by atoms with Crippen molar-refractivity contribution in [2.24, 2.45) is 0 Å². The Morgan fingerprint density at radius 2 is 2.00 bits per heavy atom. The number of hydrogen-bond donors (Lipinski definition) is 0. The molecule has 0 saturated carbocycles. The second-order valence-electron chi connectivity index (χ2n) is 3.75. The molecule has 1 aromatic rings. The van der Waals surface area contributed by atoms with Gasteiger partial charge in [0.2, 0.25) is 6.79 Å². The largest absolute Gasteiger partial charge is 0.461 e. The van der Waals surface area contributed by atoms with Crippen LogP contribution in [0.5, 0.6) is 11.5 Å². The summed E-state index contributed by atoms with van der Waals surface area (Å²) in [5.74, 6) is 1.35. The molecule has 2 heterocycles. The number of carbonyl (C=O) groups is 1. The first-order valence-electron chi connectivity index (χ1n) is 5.06. The van der Waals surface area contributed by atoms with E-state index in [4.69, 9.17) is 14.2 Å². The number of carbonyl (C=O) groups excluding carboxylic acids is 1. The lowest BCUT2D eigenvalue weighted by molar-refractivity contribution is -0.137. The fourth-order valence-electron chi connectivity index (χ4n) is 1.79. The summed E-state index contributed by atoms with van der Waals surface area (Å²) in [7, 11) is 0. The average molecular weight is 218 g/mol. The van der Waals surface area contributed by atoms with Crippen LogP contribution < -0.4 is 9.47 Å². The quantitative estimate of drug-likeness (QED) is 0.673. The molecule has 0 unspecified atom stereocenters. The van der Waals surface area contributed by atoms with Gasteiger partial charge in [-0.25, -0.2) is 0 Å². The minimum absolute atomic E-state index is 0.160. The Hall–Kier alpha value is -1.97. The number of ether oxygens (including phenoxy) is 3. The number of rotatable bonds is 1. The molecule has 0 amide bonds. The van der Waals surface area contributed by atoms with E-state index in [1.165, 1.54) is 0 Å². The van der Waals surface area contributed by atoms with Gasteiger partial charge in [-0.05, 0) is 23.3 Å². The summed E-state index contributed by atoms with van der Waals surface area (Å²) in [6.07, 6.45) is 2.33. The third-order valence-electron chi connectivity index (χ3n) is 2.56. The second-order valence-corrected chi connectivity index (χ2v) is 3.75. The molecule has 1 saturated heterocycles. The third kappa shape index (κ3) is 1.62. The van der Waals surface area contributed by atoms with Crippen LogP contribution >= 0.6 is 0 Å². The summed E-state index contributed by atoms with van der Waals surface area (Å²) >= 11 is 0. The maximum atomic E-state index is 10.9. The normalized spacial score (nSPS) is 20.2. The maximum Gasteiger partial charge on any atom is 0.310 e. The number of cyclic esters (lactones) is 1. The fourth-order valence-corrected chi connectivity index (χ4v) is 1.79. The van der Waals surface area contributed by atoms with E-state index in [1.54, 1.807) is 0 Å². The zero-order valence-electron chi connectivity index (χ0n) is 8.56. The Bertz CT molecular complexity index is 476. The van der Waals surface area contributed by atoms with Crippen LogP contribution in [-0.2, 0) is 9.53 Å². The molecule has 4 nitrogen and oxygen atoms in total. The maximum absolute atomic E-state index is 10.9. The molecule has 0 bridgehead atoms. The van der Waals surface area contributed by atoms with Gasteiger partial charge in [0.25, 0.3) is 0 Å². The van der Waals surface area contributed by atoms with Gasteiger partial charge in [-0.3, -0.25) is 4.79 Å². The predicted octanol–water partition coefficient (Wildman–Crippen LogP) is 1.75. The fraction of sp³-hybridized carbons (Fsp3) is 0.250. The van der Waals surface area contributed by atoms with Crippen molar-refractivity contribution in [1.29, 1.82) is 0 Å². The van der Waals surface area contributed by atoms with Crippen LogP contribution in [0.15, 0.2) is 23.8 Å². The van der Waals surface area contributed by atoms with Gasteiger partial charge in [-0.1, -0.05) is 12.1 Å². The lowest BCUT2D eigenvalue weighted by Crippen LogP contribution is -1.92. The molecule has 0 aliphatic carbocycles. The van der Waals surface area contributed by atoms with Crippen molar-refractivity contribution in [3.63, 3.8) is 0 Å². The monoisotopic (exact) mass is 218 g/mol. The van der Waals surface area contributed by atoms with E-state index in [0.29, 0.717) is 13.0 Å². The Labute approximate surface area is 92.4 Å². The number of hydrogen-bond acceptors (Lipinski definition) is 4. The van der Waals surface area contributed by atoms with Crippen molar-refractivity contribution < 1.29 is 19.0 Å². The van der Waals surface area contributed by atoms with Gasteiger partial charge in [-0.2, -0.15) is 0 Å². The van der Waals surface area contributed by atoms with Gasteiger partial charge in [0.05, 0.1) is 6.42 Å². The molecule has 0 radical (unpaired) electrons. The van der Waals surface area contributed by atoms with Crippen LogP contribution in [0.3, 0.4) is 0 Å². The Kier molecular flexibility index (Phi) is 2.06. The predicted molar refractivity (Wildman–Crippen MR) is 56.1 cm³/mol. The van der Waals surface area contributed by atoms with Crippen molar-refractivity contribution in [3.05, 3.63) is 29.3 Å². The van der Waals surface area contributed by atoms with E-state index in [9.17, 15) is 4.79 Å². The zero-order valence-corrected chi connectivity index (χ0v) is 8.56.